The molecule has 100 valence electrons. The van der Waals surface area contributed by atoms with Crippen molar-refractivity contribution < 1.29 is 0 Å². The third kappa shape index (κ3) is 3.28. The number of halogens is 2. The lowest BCUT2D eigenvalue weighted by molar-refractivity contribution is 0.372. The Morgan fingerprint density at radius 2 is 2.28 bits per heavy atom. The van der Waals surface area contributed by atoms with Crippen LogP contribution in [0.1, 0.15) is 25.0 Å². The van der Waals surface area contributed by atoms with E-state index in [1.165, 1.54) is 5.57 Å². The van der Waals surface area contributed by atoms with Crippen LogP contribution in [0.2, 0.25) is 5.02 Å². The molecule has 1 unspecified atom stereocenters. The molecule has 5 heteroatoms. The standard InChI is InChI=1S/C13H19Cl2N3/c1-17(2)6-7-18-13(12(15)9-16-18)10-4-3-5-11(14)8-10/h8-9,11H,3-7H2,1-2H3. The maximum atomic E-state index is 6.26. The van der Waals surface area contributed by atoms with Gasteiger partial charge in [0.2, 0.25) is 0 Å². The SMILES string of the molecule is CN(C)CCn1ncc(Cl)c1C1=CC(Cl)CCC1. The number of hydrogen-bond acceptors (Lipinski definition) is 2. The van der Waals surface area contributed by atoms with Crippen molar-refractivity contribution in [2.45, 2.75) is 31.2 Å². The predicted molar refractivity (Wildman–Crippen MR) is 77.3 cm³/mol. The molecule has 1 aromatic heterocycles. The van der Waals surface area contributed by atoms with Crippen molar-refractivity contribution >= 4 is 28.8 Å². The van der Waals surface area contributed by atoms with Crippen molar-refractivity contribution in [2.24, 2.45) is 0 Å². The van der Waals surface area contributed by atoms with Gasteiger partial charge in [0.05, 0.1) is 28.8 Å². The maximum Gasteiger partial charge on any atom is 0.0862 e. The van der Waals surface area contributed by atoms with E-state index in [0.29, 0.717) is 0 Å². The van der Waals surface area contributed by atoms with Crippen LogP contribution >= 0.6 is 23.2 Å². The van der Waals surface area contributed by atoms with Gasteiger partial charge < -0.3 is 4.90 Å². The van der Waals surface area contributed by atoms with Crippen LogP contribution in [-0.2, 0) is 6.54 Å². The van der Waals surface area contributed by atoms with Crippen molar-refractivity contribution in [2.75, 3.05) is 20.6 Å². The van der Waals surface area contributed by atoms with E-state index < -0.39 is 0 Å². The van der Waals surface area contributed by atoms with Gasteiger partial charge in [-0.1, -0.05) is 17.7 Å². The molecular formula is C13H19Cl2N3. The quantitative estimate of drug-likeness (QED) is 0.793. The van der Waals surface area contributed by atoms with E-state index in [9.17, 15) is 0 Å². The van der Waals surface area contributed by atoms with Gasteiger partial charge >= 0.3 is 0 Å². The fourth-order valence-corrected chi connectivity index (χ4v) is 2.78. The van der Waals surface area contributed by atoms with E-state index in [-0.39, 0.29) is 5.38 Å². The molecule has 3 nitrogen and oxygen atoms in total. The Kier molecular flexibility index (Phi) is 4.71. The van der Waals surface area contributed by atoms with E-state index in [0.717, 1.165) is 43.1 Å². The molecule has 0 spiro atoms. The topological polar surface area (TPSA) is 21.1 Å². The minimum Gasteiger partial charge on any atom is -0.308 e. The Morgan fingerprint density at radius 1 is 1.50 bits per heavy atom. The highest BCUT2D eigenvalue weighted by atomic mass is 35.5. The van der Waals surface area contributed by atoms with Crippen LogP contribution in [0.3, 0.4) is 0 Å². The molecule has 0 saturated carbocycles. The average Bonchev–Trinajstić information content (AvgIpc) is 2.68. The fourth-order valence-electron chi connectivity index (χ4n) is 2.22. The smallest absolute Gasteiger partial charge is 0.0862 e. The largest absolute Gasteiger partial charge is 0.308 e. The third-order valence-corrected chi connectivity index (χ3v) is 3.79. The molecule has 1 aliphatic rings. The summed E-state index contributed by atoms with van der Waals surface area (Å²) in [7, 11) is 4.11. The zero-order valence-corrected chi connectivity index (χ0v) is 12.4. The van der Waals surface area contributed by atoms with Crippen molar-refractivity contribution in [3.05, 3.63) is 23.0 Å². The molecule has 0 aromatic carbocycles. The van der Waals surface area contributed by atoms with Gasteiger partial charge in [0, 0.05) is 6.54 Å². The molecule has 0 amide bonds. The van der Waals surface area contributed by atoms with Crippen LogP contribution in [0, 0.1) is 0 Å². The Bertz CT molecular complexity index is 437. The zero-order valence-electron chi connectivity index (χ0n) is 10.9. The Hall–Kier alpha value is -0.510. The molecule has 0 bridgehead atoms. The Balaban J connectivity index is 2.23. The predicted octanol–water partition coefficient (Wildman–Crippen LogP) is 3.27. The summed E-state index contributed by atoms with van der Waals surface area (Å²) in [5.74, 6) is 0. The van der Waals surface area contributed by atoms with Gasteiger partial charge in [0.15, 0.2) is 0 Å². The molecule has 0 radical (unpaired) electrons. The summed E-state index contributed by atoms with van der Waals surface area (Å²) in [5, 5.41) is 5.22. The number of aromatic nitrogens is 2. The first-order valence-corrected chi connectivity index (χ1v) is 7.10. The highest BCUT2D eigenvalue weighted by Crippen LogP contribution is 2.32. The normalized spacial score (nSPS) is 20.3. The lowest BCUT2D eigenvalue weighted by atomic mass is 9.97. The van der Waals surface area contributed by atoms with Gasteiger partial charge in [0.1, 0.15) is 0 Å². The van der Waals surface area contributed by atoms with E-state index in [1.807, 2.05) is 4.68 Å². The zero-order chi connectivity index (χ0) is 13.1. The van der Waals surface area contributed by atoms with Crippen LogP contribution in [0.4, 0.5) is 0 Å². The summed E-state index contributed by atoms with van der Waals surface area (Å²) in [6.07, 6.45) is 7.06. The number of rotatable bonds is 4. The molecule has 18 heavy (non-hydrogen) atoms. The van der Waals surface area contributed by atoms with Crippen LogP contribution in [-0.4, -0.2) is 40.7 Å². The Labute approximate surface area is 118 Å². The summed E-state index contributed by atoms with van der Waals surface area (Å²) < 4.78 is 1.99. The molecule has 0 fully saturated rings. The van der Waals surface area contributed by atoms with E-state index in [2.05, 4.69) is 30.2 Å². The minimum atomic E-state index is 0.127. The summed E-state index contributed by atoms with van der Waals surface area (Å²) in [5.41, 5.74) is 2.28. The molecule has 1 aromatic rings. The second-order valence-electron chi connectivity index (χ2n) is 4.97. The van der Waals surface area contributed by atoms with Crippen LogP contribution in [0.15, 0.2) is 12.3 Å². The van der Waals surface area contributed by atoms with Gasteiger partial charge in [-0.25, -0.2) is 0 Å². The van der Waals surface area contributed by atoms with Crippen molar-refractivity contribution in [3.8, 4) is 0 Å². The van der Waals surface area contributed by atoms with Crippen LogP contribution in [0.25, 0.3) is 5.57 Å². The van der Waals surface area contributed by atoms with Crippen molar-refractivity contribution in [3.63, 3.8) is 0 Å². The maximum absolute atomic E-state index is 6.26. The summed E-state index contributed by atoms with van der Waals surface area (Å²) >= 11 is 12.5. The summed E-state index contributed by atoms with van der Waals surface area (Å²) in [4.78, 5) is 2.14. The van der Waals surface area contributed by atoms with E-state index >= 15 is 0 Å². The molecule has 1 atom stereocenters. The highest BCUT2D eigenvalue weighted by molar-refractivity contribution is 6.32. The molecular weight excluding hydrogens is 269 g/mol. The second kappa shape index (κ2) is 6.09. The number of hydrogen-bond donors (Lipinski definition) is 0. The van der Waals surface area contributed by atoms with Crippen molar-refractivity contribution in [1.29, 1.82) is 0 Å². The lowest BCUT2D eigenvalue weighted by Gasteiger charge is -2.19. The van der Waals surface area contributed by atoms with Gasteiger partial charge in [0.25, 0.3) is 0 Å². The molecule has 1 aliphatic carbocycles. The molecule has 1 heterocycles. The van der Waals surface area contributed by atoms with Gasteiger partial charge in [-0.3, -0.25) is 4.68 Å². The van der Waals surface area contributed by atoms with E-state index in [1.54, 1.807) is 6.20 Å². The third-order valence-electron chi connectivity index (χ3n) is 3.17. The first-order chi connectivity index (χ1) is 8.58. The highest BCUT2D eigenvalue weighted by Gasteiger charge is 2.18. The summed E-state index contributed by atoms with van der Waals surface area (Å²) in [6.45, 7) is 1.79. The fraction of sp³-hybridized carbons (Fsp3) is 0.615. The van der Waals surface area contributed by atoms with Gasteiger partial charge in [-0.15, -0.1) is 11.6 Å². The number of alkyl halides is 1. The monoisotopic (exact) mass is 287 g/mol. The van der Waals surface area contributed by atoms with E-state index in [4.69, 9.17) is 23.2 Å². The molecule has 2 rings (SSSR count). The number of nitrogens with zero attached hydrogens (tertiary/aromatic N) is 3. The van der Waals surface area contributed by atoms with Crippen LogP contribution in [0.5, 0.6) is 0 Å². The average molecular weight is 288 g/mol. The van der Waals surface area contributed by atoms with Gasteiger partial charge in [-0.2, -0.15) is 5.10 Å². The Morgan fingerprint density at radius 3 is 2.94 bits per heavy atom. The van der Waals surface area contributed by atoms with Crippen molar-refractivity contribution in [1.82, 2.24) is 14.7 Å². The minimum absolute atomic E-state index is 0.127. The van der Waals surface area contributed by atoms with Crippen LogP contribution < -0.4 is 0 Å². The summed E-state index contributed by atoms with van der Waals surface area (Å²) in [6, 6.07) is 0. The number of allylic oxidation sites excluding steroid dienone is 2. The lowest BCUT2D eigenvalue weighted by Crippen LogP contribution is -2.20. The number of likely N-dealkylation sites (N-methyl/N-ethyl adjacent to an activating group) is 1. The van der Waals surface area contributed by atoms with Gasteiger partial charge in [-0.05, 0) is 38.9 Å². The first-order valence-electron chi connectivity index (χ1n) is 6.29. The first kappa shape index (κ1) is 13.9. The molecule has 0 saturated heterocycles. The second-order valence-corrected chi connectivity index (χ2v) is 5.94. The molecule has 0 aliphatic heterocycles. The molecule has 0 N–H and O–H groups in total.